The van der Waals surface area contributed by atoms with Crippen LogP contribution in [0, 0.1) is 12.7 Å². The third-order valence-corrected chi connectivity index (χ3v) is 4.69. The van der Waals surface area contributed by atoms with Gasteiger partial charge in [-0.2, -0.15) is 0 Å². The van der Waals surface area contributed by atoms with Gasteiger partial charge in [0.2, 0.25) is 12.7 Å². The van der Waals surface area contributed by atoms with Crippen LogP contribution in [0.1, 0.15) is 29.8 Å². The number of aromatic amines is 1. The van der Waals surface area contributed by atoms with Crippen molar-refractivity contribution >= 4 is 16.8 Å². The quantitative estimate of drug-likeness (QED) is 0.750. The van der Waals surface area contributed by atoms with E-state index in [1.807, 2.05) is 32.0 Å². The van der Waals surface area contributed by atoms with Crippen molar-refractivity contribution < 1.29 is 18.7 Å². The van der Waals surface area contributed by atoms with Gasteiger partial charge >= 0.3 is 0 Å². The summed E-state index contributed by atoms with van der Waals surface area (Å²) in [6, 6.07) is 10.00. The van der Waals surface area contributed by atoms with Gasteiger partial charge < -0.3 is 19.8 Å². The van der Waals surface area contributed by atoms with Crippen molar-refractivity contribution in [3.8, 4) is 11.5 Å². The summed E-state index contributed by atoms with van der Waals surface area (Å²) in [5, 5.41) is 3.73. The third kappa shape index (κ3) is 2.98. The molecule has 134 valence electrons. The van der Waals surface area contributed by atoms with E-state index in [2.05, 4.69) is 10.3 Å². The minimum atomic E-state index is -0.313. The molecule has 3 aromatic rings. The van der Waals surface area contributed by atoms with E-state index in [-0.39, 0.29) is 31.0 Å². The van der Waals surface area contributed by atoms with E-state index in [0.29, 0.717) is 11.5 Å². The molecule has 1 unspecified atom stereocenters. The summed E-state index contributed by atoms with van der Waals surface area (Å²) in [7, 11) is 0. The summed E-state index contributed by atoms with van der Waals surface area (Å²) < 4.78 is 24.3. The van der Waals surface area contributed by atoms with Gasteiger partial charge in [-0.1, -0.05) is 6.07 Å². The number of carbonyl (C=O) groups is 1. The summed E-state index contributed by atoms with van der Waals surface area (Å²) in [5.41, 5.74) is 3.45. The summed E-state index contributed by atoms with van der Waals surface area (Å²) in [6.45, 7) is 4.02. The number of benzene rings is 2. The van der Waals surface area contributed by atoms with Gasteiger partial charge in [0.15, 0.2) is 11.5 Å². The first-order valence-electron chi connectivity index (χ1n) is 8.47. The zero-order chi connectivity index (χ0) is 18.3. The fourth-order valence-corrected chi connectivity index (χ4v) is 3.30. The fraction of sp³-hybridized carbons (Fsp3) is 0.250. The van der Waals surface area contributed by atoms with E-state index in [4.69, 9.17) is 9.47 Å². The number of rotatable bonds is 4. The molecular formula is C20H19FN2O3. The van der Waals surface area contributed by atoms with Crippen LogP contribution >= 0.6 is 0 Å². The van der Waals surface area contributed by atoms with Crippen molar-refractivity contribution in [2.24, 2.45) is 0 Å². The smallest absolute Gasteiger partial charge is 0.231 e. The van der Waals surface area contributed by atoms with Crippen molar-refractivity contribution in [3.05, 3.63) is 59.0 Å². The second kappa shape index (κ2) is 6.37. The Balaban J connectivity index is 1.50. The maximum Gasteiger partial charge on any atom is 0.231 e. The van der Waals surface area contributed by atoms with Crippen LogP contribution < -0.4 is 14.8 Å². The lowest BCUT2D eigenvalue weighted by Crippen LogP contribution is -2.28. The Hall–Kier alpha value is -3.02. The first-order valence-corrected chi connectivity index (χ1v) is 8.47. The van der Waals surface area contributed by atoms with Gasteiger partial charge in [-0.3, -0.25) is 4.79 Å². The van der Waals surface area contributed by atoms with Crippen LogP contribution in [0.4, 0.5) is 4.39 Å². The van der Waals surface area contributed by atoms with Crippen LogP contribution in [0.3, 0.4) is 0 Å². The molecule has 1 amide bonds. The fourth-order valence-electron chi connectivity index (χ4n) is 3.30. The van der Waals surface area contributed by atoms with Crippen LogP contribution in [0.15, 0.2) is 36.4 Å². The average molecular weight is 354 g/mol. The summed E-state index contributed by atoms with van der Waals surface area (Å²) in [6.07, 6.45) is 0.185. The Morgan fingerprint density at radius 2 is 2.04 bits per heavy atom. The van der Waals surface area contributed by atoms with E-state index >= 15 is 0 Å². The predicted octanol–water partition coefficient (Wildman–Crippen LogP) is 3.76. The molecule has 1 aliphatic heterocycles. The monoisotopic (exact) mass is 354 g/mol. The van der Waals surface area contributed by atoms with Gasteiger partial charge in [0.1, 0.15) is 5.82 Å². The summed E-state index contributed by atoms with van der Waals surface area (Å²) in [5.74, 6) is 0.964. The topological polar surface area (TPSA) is 63.4 Å². The number of halogens is 1. The first-order chi connectivity index (χ1) is 12.5. The SMILES string of the molecule is Cc1[nH]c2ccc(F)cc2c1CC(=O)NC(C)c1ccc2c(c1)OCO2. The van der Waals surface area contributed by atoms with Crippen LogP contribution in [-0.2, 0) is 11.2 Å². The third-order valence-electron chi connectivity index (χ3n) is 4.69. The Kier molecular flexibility index (Phi) is 4.03. The summed E-state index contributed by atoms with van der Waals surface area (Å²) >= 11 is 0. The van der Waals surface area contributed by atoms with Crippen LogP contribution in [0.5, 0.6) is 11.5 Å². The normalized spacial score (nSPS) is 13.8. The number of carbonyl (C=O) groups excluding carboxylic acids is 1. The number of hydrogen-bond donors (Lipinski definition) is 2. The largest absolute Gasteiger partial charge is 0.454 e. The van der Waals surface area contributed by atoms with Crippen LogP contribution in [0.2, 0.25) is 0 Å². The standard InChI is InChI=1S/C20H19FN2O3/c1-11(13-3-6-18-19(7-13)26-10-25-18)23-20(24)9-15-12(2)22-17-5-4-14(21)8-16(15)17/h3-8,11,22H,9-10H2,1-2H3,(H,23,24). The predicted molar refractivity (Wildman–Crippen MR) is 95.8 cm³/mol. The number of aryl methyl sites for hydroxylation is 1. The zero-order valence-corrected chi connectivity index (χ0v) is 14.6. The molecule has 0 saturated heterocycles. The maximum absolute atomic E-state index is 13.6. The van der Waals surface area contributed by atoms with Crippen molar-refractivity contribution in [2.45, 2.75) is 26.3 Å². The van der Waals surface area contributed by atoms with Gasteiger partial charge in [0.05, 0.1) is 12.5 Å². The van der Waals surface area contributed by atoms with Crippen molar-refractivity contribution in [3.63, 3.8) is 0 Å². The molecule has 0 saturated carbocycles. The Bertz CT molecular complexity index is 996. The molecule has 1 aliphatic rings. The van der Waals surface area contributed by atoms with Gasteiger partial charge in [0, 0.05) is 16.6 Å². The molecule has 0 aliphatic carbocycles. The second-order valence-electron chi connectivity index (χ2n) is 6.50. The molecular weight excluding hydrogens is 335 g/mol. The minimum Gasteiger partial charge on any atom is -0.454 e. The lowest BCUT2D eigenvalue weighted by molar-refractivity contribution is -0.121. The molecule has 6 heteroatoms. The highest BCUT2D eigenvalue weighted by molar-refractivity contribution is 5.90. The molecule has 1 aromatic heterocycles. The molecule has 0 radical (unpaired) electrons. The highest BCUT2D eigenvalue weighted by Gasteiger charge is 2.18. The van der Waals surface area contributed by atoms with Crippen LogP contribution in [-0.4, -0.2) is 17.7 Å². The molecule has 2 heterocycles. The summed E-state index contributed by atoms with van der Waals surface area (Å²) in [4.78, 5) is 15.7. The van der Waals surface area contributed by atoms with Crippen LogP contribution in [0.25, 0.3) is 10.9 Å². The van der Waals surface area contributed by atoms with Crippen molar-refractivity contribution in [1.82, 2.24) is 10.3 Å². The molecule has 0 fully saturated rings. The van der Waals surface area contributed by atoms with Gasteiger partial charge in [0.25, 0.3) is 0 Å². The molecule has 4 rings (SSSR count). The van der Waals surface area contributed by atoms with Gasteiger partial charge in [-0.15, -0.1) is 0 Å². The number of hydrogen-bond acceptors (Lipinski definition) is 3. The van der Waals surface area contributed by atoms with Gasteiger partial charge in [-0.05, 0) is 55.3 Å². The molecule has 0 spiro atoms. The molecule has 2 N–H and O–H groups in total. The lowest BCUT2D eigenvalue weighted by Gasteiger charge is -2.15. The number of nitrogens with one attached hydrogen (secondary N) is 2. The number of aromatic nitrogens is 1. The Morgan fingerprint density at radius 1 is 1.23 bits per heavy atom. The number of amides is 1. The number of H-pyrrole nitrogens is 1. The lowest BCUT2D eigenvalue weighted by atomic mass is 10.1. The maximum atomic E-state index is 13.6. The highest BCUT2D eigenvalue weighted by Crippen LogP contribution is 2.34. The van der Waals surface area contributed by atoms with Crippen molar-refractivity contribution in [1.29, 1.82) is 0 Å². The molecule has 26 heavy (non-hydrogen) atoms. The Labute approximate surface area is 150 Å². The van der Waals surface area contributed by atoms with E-state index in [0.717, 1.165) is 27.7 Å². The van der Waals surface area contributed by atoms with Crippen molar-refractivity contribution in [2.75, 3.05) is 6.79 Å². The van der Waals surface area contributed by atoms with E-state index in [1.165, 1.54) is 12.1 Å². The van der Waals surface area contributed by atoms with E-state index in [1.54, 1.807) is 6.07 Å². The van der Waals surface area contributed by atoms with Gasteiger partial charge in [-0.25, -0.2) is 4.39 Å². The molecule has 0 bridgehead atoms. The Morgan fingerprint density at radius 3 is 2.88 bits per heavy atom. The number of fused-ring (bicyclic) bond motifs is 2. The number of ether oxygens (including phenoxy) is 2. The van der Waals surface area contributed by atoms with E-state index in [9.17, 15) is 9.18 Å². The highest BCUT2D eigenvalue weighted by atomic mass is 19.1. The second-order valence-corrected chi connectivity index (χ2v) is 6.50. The molecule has 2 aromatic carbocycles. The first kappa shape index (κ1) is 16.4. The minimum absolute atomic E-state index is 0.122. The average Bonchev–Trinajstić information content (AvgIpc) is 3.19. The molecule has 1 atom stereocenters. The zero-order valence-electron chi connectivity index (χ0n) is 14.6. The van der Waals surface area contributed by atoms with E-state index < -0.39 is 0 Å². The molecule has 5 nitrogen and oxygen atoms in total.